The van der Waals surface area contributed by atoms with E-state index in [1.54, 1.807) is 13.1 Å². The van der Waals surface area contributed by atoms with Crippen LogP contribution in [0.4, 0.5) is 4.39 Å². The van der Waals surface area contributed by atoms with Gasteiger partial charge in [-0.2, -0.15) is 0 Å². The van der Waals surface area contributed by atoms with Gasteiger partial charge in [-0.15, -0.1) is 0 Å². The van der Waals surface area contributed by atoms with Gasteiger partial charge in [0.05, 0.1) is 0 Å². The number of hydrogen-bond acceptors (Lipinski definition) is 1. The van der Waals surface area contributed by atoms with Crippen molar-refractivity contribution in [1.82, 2.24) is 10.6 Å². The summed E-state index contributed by atoms with van der Waals surface area (Å²) >= 11 is 0. The van der Waals surface area contributed by atoms with Crippen molar-refractivity contribution in [2.24, 2.45) is 4.99 Å². The van der Waals surface area contributed by atoms with Gasteiger partial charge in [-0.3, -0.25) is 4.99 Å². The van der Waals surface area contributed by atoms with E-state index in [9.17, 15) is 4.39 Å². The molecule has 0 spiro atoms. The summed E-state index contributed by atoms with van der Waals surface area (Å²) < 4.78 is 13.5. The summed E-state index contributed by atoms with van der Waals surface area (Å²) in [5.41, 5.74) is 2.07. The SMILES string of the molecule is CN=C(NCCCc1ccccc1)NCCc1ccccc1F. The quantitative estimate of drug-likeness (QED) is 0.468. The minimum Gasteiger partial charge on any atom is -0.356 e. The Kier molecular flexibility index (Phi) is 7.11. The van der Waals surface area contributed by atoms with Gasteiger partial charge in [-0.25, -0.2) is 4.39 Å². The minimum atomic E-state index is -0.153. The second-order valence-corrected chi connectivity index (χ2v) is 5.36. The predicted molar refractivity (Wildman–Crippen MR) is 94.2 cm³/mol. The molecule has 0 aliphatic carbocycles. The summed E-state index contributed by atoms with van der Waals surface area (Å²) in [6.07, 6.45) is 2.72. The Morgan fingerprint density at radius 2 is 1.61 bits per heavy atom. The zero-order chi connectivity index (χ0) is 16.3. The molecule has 0 bridgehead atoms. The maximum atomic E-state index is 13.5. The topological polar surface area (TPSA) is 36.4 Å². The van der Waals surface area contributed by atoms with E-state index in [1.165, 1.54) is 11.6 Å². The molecule has 0 aromatic heterocycles. The van der Waals surface area contributed by atoms with E-state index in [4.69, 9.17) is 0 Å². The molecule has 0 amide bonds. The maximum absolute atomic E-state index is 13.5. The molecular formula is C19H24FN3. The van der Waals surface area contributed by atoms with E-state index in [-0.39, 0.29) is 5.82 Å². The third kappa shape index (κ3) is 6.10. The van der Waals surface area contributed by atoms with Crippen LogP contribution in [0.25, 0.3) is 0 Å². The third-order valence-electron chi connectivity index (χ3n) is 3.65. The van der Waals surface area contributed by atoms with Gasteiger partial charge in [-0.1, -0.05) is 48.5 Å². The molecule has 0 fully saturated rings. The lowest BCUT2D eigenvalue weighted by Crippen LogP contribution is -2.38. The van der Waals surface area contributed by atoms with Crippen LogP contribution in [-0.2, 0) is 12.8 Å². The zero-order valence-electron chi connectivity index (χ0n) is 13.6. The van der Waals surface area contributed by atoms with E-state index in [0.29, 0.717) is 13.0 Å². The average molecular weight is 313 g/mol. The fraction of sp³-hybridized carbons (Fsp3) is 0.316. The number of halogens is 1. The van der Waals surface area contributed by atoms with Crippen molar-refractivity contribution < 1.29 is 4.39 Å². The highest BCUT2D eigenvalue weighted by Crippen LogP contribution is 2.06. The molecule has 0 aliphatic rings. The molecule has 0 radical (unpaired) electrons. The van der Waals surface area contributed by atoms with Gasteiger partial charge < -0.3 is 10.6 Å². The van der Waals surface area contributed by atoms with Gasteiger partial charge in [0.15, 0.2) is 5.96 Å². The highest BCUT2D eigenvalue weighted by Gasteiger charge is 2.01. The second-order valence-electron chi connectivity index (χ2n) is 5.36. The van der Waals surface area contributed by atoms with Crippen molar-refractivity contribution in [1.29, 1.82) is 0 Å². The highest BCUT2D eigenvalue weighted by molar-refractivity contribution is 5.79. The third-order valence-corrected chi connectivity index (χ3v) is 3.65. The lowest BCUT2D eigenvalue weighted by molar-refractivity contribution is 0.606. The molecule has 0 unspecified atom stereocenters. The summed E-state index contributed by atoms with van der Waals surface area (Å²) in [5, 5.41) is 6.50. The fourth-order valence-electron chi connectivity index (χ4n) is 2.38. The van der Waals surface area contributed by atoms with Crippen molar-refractivity contribution in [2.45, 2.75) is 19.3 Å². The van der Waals surface area contributed by atoms with Gasteiger partial charge in [0.1, 0.15) is 5.82 Å². The number of aryl methyl sites for hydroxylation is 1. The number of benzene rings is 2. The van der Waals surface area contributed by atoms with Crippen molar-refractivity contribution >= 4 is 5.96 Å². The van der Waals surface area contributed by atoms with Crippen LogP contribution in [-0.4, -0.2) is 26.1 Å². The molecule has 4 heteroatoms. The summed E-state index contributed by atoms with van der Waals surface area (Å²) in [6, 6.07) is 17.3. The van der Waals surface area contributed by atoms with Crippen LogP contribution < -0.4 is 10.6 Å². The van der Waals surface area contributed by atoms with Crippen LogP contribution in [0.3, 0.4) is 0 Å². The predicted octanol–water partition coefficient (Wildman–Crippen LogP) is 3.17. The second kappa shape index (κ2) is 9.62. The molecule has 0 heterocycles. The van der Waals surface area contributed by atoms with Crippen molar-refractivity contribution in [3.63, 3.8) is 0 Å². The van der Waals surface area contributed by atoms with Crippen LogP contribution in [0.15, 0.2) is 59.6 Å². The number of guanidine groups is 1. The maximum Gasteiger partial charge on any atom is 0.190 e. The number of nitrogens with one attached hydrogen (secondary N) is 2. The van der Waals surface area contributed by atoms with Crippen LogP contribution >= 0.6 is 0 Å². The average Bonchev–Trinajstić information content (AvgIpc) is 2.59. The Morgan fingerprint density at radius 1 is 0.913 bits per heavy atom. The van der Waals surface area contributed by atoms with E-state index < -0.39 is 0 Å². The lowest BCUT2D eigenvalue weighted by atomic mass is 10.1. The van der Waals surface area contributed by atoms with Crippen molar-refractivity contribution in [2.75, 3.05) is 20.1 Å². The normalized spacial score (nSPS) is 11.3. The summed E-state index contributed by atoms with van der Waals surface area (Å²) in [7, 11) is 1.75. The Bertz CT molecular complexity index is 611. The van der Waals surface area contributed by atoms with Crippen molar-refractivity contribution in [3.8, 4) is 0 Å². The largest absolute Gasteiger partial charge is 0.356 e. The molecule has 23 heavy (non-hydrogen) atoms. The van der Waals surface area contributed by atoms with Crippen molar-refractivity contribution in [3.05, 3.63) is 71.5 Å². The first-order chi connectivity index (χ1) is 11.3. The van der Waals surface area contributed by atoms with Gasteiger partial charge in [0.2, 0.25) is 0 Å². The molecule has 2 aromatic rings. The Balaban J connectivity index is 1.65. The van der Waals surface area contributed by atoms with Crippen LogP contribution in [0.2, 0.25) is 0 Å². The Labute approximate surface area is 137 Å². The van der Waals surface area contributed by atoms with E-state index in [1.807, 2.05) is 18.2 Å². The number of aliphatic imine (C=N–C) groups is 1. The van der Waals surface area contributed by atoms with Gasteiger partial charge in [-0.05, 0) is 36.5 Å². The van der Waals surface area contributed by atoms with E-state index >= 15 is 0 Å². The molecule has 2 N–H and O–H groups in total. The molecule has 2 rings (SSSR count). The van der Waals surface area contributed by atoms with Crippen LogP contribution in [0.1, 0.15) is 17.5 Å². The highest BCUT2D eigenvalue weighted by atomic mass is 19.1. The van der Waals surface area contributed by atoms with Gasteiger partial charge in [0.25, 0.3) is 0 Å². The Morgan fingerprint density at radius 3 is 2.35 bits per heavy atom. The molecule has 3 nitrogen and oxygen atoms in total. The summed E-state index contributed by atoms with van der Waals surface area (Å²) in [6.45, 7) is 1.51. The first-order valence-electron chi connectivity index (χ1n) is 8.01. The smallest absolute Gasteiger partial charge is 0.190 e. The van der Waals surface area contributed by atoms with E-state index in [0.717, 1.165) is 30.9 Å². The zero-order valence-corrected chi connectivity index (χ0v) is 13.6. The lowest BCUT2D eigenvalue weighted by Gasteiger charge is -2.12. The molecule has 2 aromatic carbocycles. The minimum absolute atomic E-state index is 0.153. The summed E-state index contributed by atoms with van der Waals surface area (Å²) in [5.74, 6) is 0.606. The number of nitrogens with zero attached hydrogens (tertiary/aromatic N) is 1. The standard InChI is InChI=1S/C19H24FN3/c1-21-19(22-14-7-10-16-8-3-2-4-9-16)23-15-13-17-11-5-6-12-18(17)20/h2-6,8-9,11-12H,7,10,13-15H2,1H3,(H2,21,22,23). The van der Waals surface area contributed by atoms with Gasteiger partial charge >= 0.3 is 0 Å². The molecule has 0 saturated carbocycles. The van der Waals surface area contributed by atoms with Crippen LogP contribution in [0, 0.1) is 5.82 Å². The number of rotatable bonds is 7. The van der Waals surface area contributed by atoms with E-state index in [2.05, 4.69) is 39.9 Å². The fourth-order valence-corrected chi connectivity index (χ4v) is 2.38. The molecule has 0 aliphatic heterocycles. The first kappa shape index (κ1) is 17.0. The van der Waals surface area contributed by atoms with Gasteiger partial charge in [0, 0.05) is 20.1 Å². The number of hydrogen-bond donors (Lipinski definition) is 2. The first-order valence-corrected chi connectivity index (χ1v) is 8.01. The Hall–Kier alpha value is -2.36. The monoisotopic (exact) mass is 313 g/mol. The molecular weight excluding hydrogens is 289 g/mol. The van der Waals surface area contributed by atoms with Crippen LogP contribution in [0.5, 0.6) is 0 Å². The molecule has 0 atom stereocenters. The molecule has 122 valence electrons. The summed E-state index contributed by atoms with van der Waals surface area (Å²) in [4.78, 5) is 4.19. The molecule has 0 saturated heterocycles.